The first-order valence-corrected chi connectivity index (χ1v) is 12.9. The number of amides is 3. The van der Waals surface area contributed by atoms with E-state index in [9.17, 15) is 22.8 Å². The predicted octanol–water partition coefficient (Wildman–Crippen LogP) is 3.47. The third-order valence-electron chi connectivity index (χ3n) is 5.75. The van der Waals surface area contributed by atoms with Crippen LogP contribution in [0.3, 0.4) is 0 Å². The molecule has 34 heavy (non-hydrogen) atoms. The molecule has 8 nitrogen and oxygen atoms in total. The van der Waals surface area contributed by atoms with Crippen LogP contribution in [0.2, 0.25) is 10.0 Å². The van der Waals surface area contributed by atoms with Gasteiger partial charge in [-0.25, -0.2) is 12.7 Å². The van der Waals surface area contributed by atoms with Gasteiger partial charge in [0.25, 0.3) is 15.9 Å². The molecular weight excluding hydrogens is 501 g/mol. The zero-order valence-electron chi connectivity index (χ0n) is 18.9. The van der Waals surface area contributed by atoms with Crippen molar-refractivity contribution in [3.8, 4) is 0 Å². The molecule has 1 heterocycles. The van der Waals surface area contributed by atoms with Gasteiger partial charge in [-0.2, -0.15) is 0 Å². The summed E-state index contributed by atoms with van der Waals surface area (Å²) in [6, 6.07) is 9.47. The third kappa shape index (κ3) is 5.06. The van der Waals surface area contributed by atoms with Crippen molar-refractivity contribution in [2.75, 3.05) is 6.54 Å². The second-order valence-electron chi connectivity index (χ2n) is 8.03. The van der Waals surface area contributed by atoms with Gasteiger partial charge >= 0.3 is 0 Å². The molecule has 1 aliphatic heterocycles. The highest BCUT2D eigenvalue weighted by atomic mass is 35.5. The van der Waals surface area contributed by atoms with Gasteiger partial charge in [0.05, 0.1) is 5.56 Å². The summed E-state index contributed by atoms with van der Waals surface area (Å²) in [4.78, 5) is 40.1. The van der Waals surface area contributed by atoms with Gasteiger partial charge in [0.2, 0.25) is 11.8 Å². The molecule has 0 unspecified atom stereocenters. The minimum Gasteiger partial charge on any atom is -0.352 e. The van der Waals surface area contributed by atoms with Crippen LogP contribution in [0, 0.1) is 0 Å². The van der Waals surface area contributed by atoms with E-state index in [0.29, 0.717) is 16.3 Å². The minimum absolute atomic E-state index is 0.00133. The Labute approximate surface area is 208 Å². The maximum Gasteiger partial charge on any atom is 0.269 e. The minimum atomic E-state index is -4.20. The molecule has 0 fully saturated rings. The number of hydrogen-bond acceptors (Lipinski definition) is 5. The van der Waals surface area contributed by atoms with Crippen LogP contribution in [0.25, 0.3) is 0 Å². The molecule has 0 bridgehead atoms. The number of hydrogen-bond donors (Lipinski definition) is 1. The number of benzene rings is 2. The van der Waals surface area contributed by atoms with Crippen LogP contribution in [0.15, 0.2) is 47.4 Å². The summed E-state index contributed by atoms with van der Waals surface area (Å²) in [5.41, 5.74) is 0.403. The van der Waals surface area contributed by atoms with Gasteiger partial charge in [0, 0.05) is 28.2 Å². The highest BCUT2D eigenvalue weighted by Gasteiger charge is 2.43. The fourth-order valence-corrected chi connectivity index (χ4v) is 5.54. The standard InChI is InChI=1S/C23H25Cl2N3O5S/c1-4-14(2)26-22(30)15(3)27(12-17-18(24)9-7-10-19(17)25)21(29)13-28-23(31)16-8-5-6-11-20(16)34(28,32)33/h5-11,14-15H,4,12-13H2,1-3H3,(H,26,30)/t14-,15-/m0/s1. The van der Waals surface area contributed by atoms with Crippen molar-refractivity contribution < 1.29 is 22.8 Å². The van der Waals surface area contributed by atoms with Gasteiger partial charge in [-0.15, -0.1) is 0 Å². The third-order valence-corrected chi connectivity index (χ3v) is 8.24. The van der Waals surface area contributed by atoms with Crippen LogP contribution >= 0.6 is 23.2 Å². The van der Waals surface area contributed by atoms with E-state index in [-0.39, 0.29) is 33.1 Å². The van der Waals surface area contributed by atoms with Crippen LogP contribution < -0.4 is 5.32 Å². The van der Waals surface area contributed by atoms with E-state index >= 15 is 0 Å². The molecule has 0 saturated carbocycles. The molecule has 3 rings (SSSR count). The van der Waals surface area contributed by atoms with Gasteiger partial charge in [0.15, 0.2) is 0 Å². The molecule has 182 valence electrons. The van der Waals surface area contributed by atoms with E-state index in [4.69, 9.17) is 23.2 Å². The largest absolute Gasteiger partial charge is 0.352 e. The van der Waals surface area contributed by atoms with Crippen LogP contribution in [0.1, 0.15) is 43.1 Å². The Bertz CT molecular complexity index is 1210. The van der Waals surface area contributed by atoms with Crippen LogP contribution in [0.4, 0.5) is 0 Å². The molecule has 2 aromatic carbocycles. The van der Waals surface area contributed by atoms with Gasteiger partial charge in [-0.3, -0.25) is 14.4 Å². The van der Waals surface area contributed by atoms with Crippen LogP contribution in [-0.2, 0) is 26.2 Å². The summed E-state index contributed by atoms with van der Waals surface area (Å²) >= 11 is 12.6. The fraction of sp³-hybridized carbons (Fsp3) is 0.348. The molecule has 0 aromatic heterocycles. The first kappa shape index (κ1) is 26.0. The molecule has 1 aliphatic rings. The molecule has 2 atom stereocenters. The number of halogens is 2. The zero-order chi connectivity index (χ0) is 25.2. The lowest BCUT2D eigenvalue weighted by Crippen LogP contribution is -2.52. The van der Waals surface area contributed by atoms with Crippen molar-refractivity contribution >= 4 is 50.9 Å². The summed E-state index contributed by atoms with van der Waals surface area (Å²) in [5, 5.41) is 3.39. The van der Waals surface area contributed by atoms with Crippen molar-refractivity contribution in [2.45, 2.75) is 50.7 Å². The number of sulfonamides is 1. The summed E-state index contributed by atoms with van der Waals surface area (Å²) < 4.78 is 26.4. The molecule has 1 N–H and O–H groups in total. The Morgan fingerprint density at radius 3 is 2.26 bits per heavy atom. The fourth-order valence-electron chi connectivity index (χ4n) is 3.50. The molecule has 2 aromatic rings. The van der Waals surface area contributed by atoms with E-state index < -0.39 is 40.3 Å². The smallest absolute Gasteiger partial charge is 0.269 e. The average Bonchev–Trinajstić information content (AvgIpc) is 2.99. The lowest BCUT2D eigenvalue weighted by atomic mass is 10.1. The molecule has 0 radical (unpaired) electrons. The Morgan fingerprint density at radius 2 is 1.68 bits per heavy atom. The van der Waals surface area contributed by atoms with Crippen molar-refractivity contribution in [2.24, 2.45) is 0 Å². The second kappa shape index (κ2) is 10.3. The lowest BCUT2D eigenvalue weighted by Gasteiger charge is -2.31. The topological polar surface area (TPSA) is 104 Å². The van der Waals surface area contributed by atoms with Crippen molar-refractivity contribution in [3.05, 3.63) is 63.6 Å². The number of nitrogens with zero attached hydrogens (tertiary/aromatic N) is 2. The molecule has 3 amide bonds. The highest BCUT2D eigenvalue weighted by molar-refractivity contribution is 7.90. The lowest BCUT2D eigenvalue weighted by molar-refractivity contribution is -0.140. The number of fused-ring (bicyclic) bond motifs is 1. The molecule has 0 aliphatic carbocycles. The monoisotopic (exact) mass is 525 g/mol. The number of carbonyl (C=O) groups excluding carboxylic acids is 3. The van der Waals surface area contributed by atoms with E-state index in [0.717, 1.165) is 0 Å². The molecular formula is C23H25Cl2N3O5S. The summed E-state index contributed by atoms with van der Waals surface area (Å²) in [7, 11) is -4.20. The zero-order valence-corrected chi connectivity index (χ0v) is 21.2. The van der Waals surface area contributed by atoms with Gasteiger partial charge in [0.1, 0.15) is 17.5 Å². The Hall–Kier alpha value is -2.62. The Morgan fingerprint density at radius 1 is 1.06 bits per heavy atom. The molecule has 0 saturated heterocycles. The average molecular weight is 526 g/mol. The van der Waals surface area contributed by atoms with Crippen LogP contribution in [-0.4, -0.2) is 54.0 Å². The quantitative estimate of drug-likeness (QED) is 0.568. The summed E-state index contributed by atoms with van der Waals surface area (Å²) in [5.74, 6) is -1.96. The number of rotatable bonds is 8. The van der Waals surface area contributed by atoms with E-state index in [1.54, 1.807) is 24.3 Å². The normalized spacial score (nSPS) is 16.0. The van der Waals surface area contributed by atoms with Crippen molar-refractivity contribution in [3.63, 3.8) is 0 Å². The Balaban J connectivity index is 1.93. The predicted molar refractivity (Wildman–Crippen MR) is 129 cm³/mol. The maximum atomic E-state index is 13.4. The number of nitrogens with one attached hydrogen (secondary N) is 1. The van der Waals surface area contributed by atoms with E-state index in [2.05, 4.69) is 5.32 Å². The first-order valence-electron chi connectivity index (χ1n) is 10.7. The van der Waals surface area contributed by atoms with E-state index in [1.807, 2.05) is 13.8 Å². The van der Waals surface area contributed by atoms with Gasteiger partial charge < -0.3 is 10.2 Å². The highest BCUT2D eigenvalue weighted by Crippen LogP contribution is 2.31. The summed E-state index contributed by atoms with van der Waals surface area (Å²) in [6.45, 7) is 4.34. The Kier molecular flexibility index (Phi) is 7.90. The maximum absolute atomic E-state index is 13.4. The van der Waals surface area contributed by atoms with Crippen molar-refractivity contribution in [1.82, 2.24) is 14.5 Å². The SMILES string of the molecule is CC[C@H](C)NC(=O)[C@H](C)N(Cc1c(Cl)cccc1Cl)C(=O)CN1C(=O)c2ccccc2S1(=O)=O. The molecule has 11 heteroatoms. The second-order valence-corrected chi connectivity index (χ2v) is 10.7. The number of carbonyl (C=O) groups is 3. The van der Waals surface area contributed by atoms with Crippen molar-refractivity contribution in [1.29, 1.82) is 0 Å². The van der Waals surface area contributed by atoms with Crippen LogP contribution in [0.5, 0.6) is 0 Å². The van der Waals surface area contributed by atoms with Gasteiger partial charge in [-0.05, 0) is 44.5 Å². The van der Waals surface area contributed by atoms with E-state index in [1.165, 1.54) is 30.0 Å². The molecule has 0 spiro atoms. The summed E-state index contributed by atoms with van der Waals surface area (Å²) in [6.07, 6.45) is 0.682. The first-order chi connectivity index (χ1) is 16.0. The van der Waals surface area contributed by atoms with Gasteiger partial charge in [-0.1, -0.05) is 48.3 Å².